The van der Waals surface area contributed by atoms with E-state index >= 15 is 0 Å². The van der Waals surface area contributed by atoms with Crippen LogP contribution in [0.3, 0.4) is 0 Å². The Kier molecular flexibility index (Phi) is 7.13. The summed E-state index contributed by atoms with van der Waals surface area (Å²) in [6.45, 7) is 6.19. The summed E-state index contributed by atoms with van der Waals surface area (Å²) in [5, 5.41) is 4.71. The molecule has 184 valence electrons. The molecule has 7 nitrogen and oxygen atoms in total. The Labute approximate surface area is 215 Å². The highest BCUT2D eigenvalue weighted by atomic mass is 32.2. The van der Waals surface area contributed by atoms with E-state index in [1.54, 1.807) is 28.9 Å². The molecular weight excluding hydrogens is 502 g/mol. The number of esters is 1. The molecule has 0 saturated heterocycles. The second-order valence-corrected chi connectivity index (χ2v) is 11.7. The molecule has 0 atom stereocenters. The smallest absolute Gasteiger partial charge is 0.341 e. The Bertz CT molecular complexity index is 1380. The molecule has 0 fully saturated rings. The van der Waals surface area contributed by atoms with Crippen molar-refractivity contribution in [2.75, 3.05) is 17.7 Å². The minimum Gasteiger partial charge on any atom is -0.462 e. The molecule has 1 amide bonds. The van der Waals surface area contributed by atoms with E-state index in [2.05, 4.69) is 11.9 Å². The normalized spacial score (nSPS) is 14.5. The molecule has 0 aromatic carbocycles. The number of fused-ring (bicyclic) bond motifs is 4. The largest absolute Gasteiger partial charge is 0.462 e. The third kappa shape index (κ3) is 4.59. The number of nitrogens with one attached hydrogen (secondary N) is 1. The van der Waals surface area contributed by atoms with Crippen LogP contribution in [-0.4, -0.2) is 33.8 Å². The Hall–Kier alpha value is -2.43. The van der Waals surface area contributed by atoms with Crippen LogP contribution in [0.1, 0.15) is 57.4 Å². The van der Waals surface area contributed by atoms with Gasteiger partial charge in [-0.15, -0.1) is 29.3 Å². The van der Waals surface area contributed by atoms with Gasteiger partial charge in [0.1, 0.15) is 9.83 Å². The fourth-order valence-corrected chi connectivity index (χ4v) is 8.23. The van der Waals surface area contributed by atoms with Gasteiger partial charge in [-0.3, -0.25) is 14.2 Å². The third-order valence-electron chi connectivity index (χ3n) is 6.34. The van der Waals surface area contributed by atoms with Crippen LogP contribution in [0.2, 0.25) is 0 Å². The van der Waals surface area contributed by atoms with E-state index in [-0.39, 0.29) is 29.8 Å². The lowest BCUT2D eigenvalue weighted by atomic mass is 9.97. The van der Waals surface area contributed by atoms with Crippen molar-refractivity contribution in [1.29, 1.82) is 0 Å². The quantitative estimate of drug-likeness (QED) is 0.192. The van der Waals surface area contributed by atoms with Crippen molar-refractivity contribution < 1.29 is 14.3 Å². The van der Waals surface area contributed by atoms with Crippen LogP contribution in [0, 0.1) is 0 Å². The first-order chi connectivity index (χ1) is 17.0. The summed E-state index contributed by atoms with van der Waals surface area (Å²) in [7, 11) is 0. The number of allylic oxidation sites excluding steroid dienone is 1. The summed E-state index contributed by atoms with van der Waals surface area (Å²) >= 11 is 4.29. The topological polar surface area (TPSA) is 90.3 Å². The van der Waals surface area contributed by atoms with Crippen molar-refractivity contribution >= 4 is 61.5 Å². The predicted octanol–water partition coefficient (Wildman–Crippen LogP) is 4.98. The summed E-state index contributed by atoms with van der Waals surface area (Å²) in [5.41, 5.74) is 2.59. The molecular formula is C25H27N3O4S3. The second kappa shape index (κ2) is 10.3. The number of aryl methyl sites for hydroxylation is 3. The van der Waals surface area contributed by atoms with Gasteiger partial charge in [0.15, 0.2) is 5.16 Å². The SMILES string of the molecule is C=CCn1c(SCC(=O)Nc2sc3c(c2C(=O)OCC)CCC3)nc2sc3c(c2c1=O)CCCC3. The molecule has 0 aliphatic heterocycles. The molecule has 0 radical (unpaired) electrons. The number of thioether (sulfide) groups is 1. The lowest BCUT2D eigenvalue weighted by molar-refractivity contribution is -0.113. The van der Waals surface area contributed by atoms with Gasteiger partial charge in [0, 0.05) is 16.3 Å². The number of hydrogen-bond acceptors (Lipinski definition) is 8. The van der Waals surface area contributed by atoms with E-state index in [1.807, 2.05) is 0 Å². The van der Waals surface area contributed by atoms with Crippen LogP contribution >= 0.6 is 34.4 Å². The number of thiophene rings is 2. The van der Waals surface area contributed by atoms with Gasteiger partial charge in [-0.25, -0.2) is 9.78 Å². The molecule has 10 heteroatoms. The molecule has 5 rings (SSSR count). The van der Waals surface area contributed by atoms with Gasteiger partial charge in [0.2, 0.25) is 5.91 Å². The van der Waals surface area contributed by atoms with E-state index in [0.29, 0.717) is 22.3 Å². The molecule has 3 aromatic rings. The van der Waals surface area contributed by atoms with Gasteiger partial charge in [0.25, 0.3) is 5.56 Å². The first-order valence-corrected chi connectivity index (χ1v) is 14.5. The molecule has 3 heterocycles. The molecule has 2 aliphatic rings. The monoisotopic (exact) mass is 529 g/mol. The highest BCUT2D eigenvalue weighted by Crippen LogP contribution is 2.40. The molecule has 3 aromatic heterocycles. The number of ether oxygens (including phenoxy) is 1. The second-order valence-electron chi connectivity index (χ2n) is 8.61. The fourth-order valence-electron chi connectivity index (χ4n) is 4.82. The van der Waals surface area contributed by atoms with Crippen molar-refractivity contribution in [1.82, 2.24) is 9.55 Å². The van der Waals surface area contributed by atoms with E-state index in [4.69, 9.17) is 9.72 Å². The Morgan fingerprint density at radius 2 is 1.89 bits per heavy atom. The summed E-state index contributed by atoms with van der Waals surface area (Å²) in [5.74, 6) is -0.556. The Morgan fingerprint density at radius 1 is 1.14 bits per heavy atom. The maximum absolute atomic E-state index is 13.4. The van der Waals surface area contributed by atoms with Crippen LogP contribution in [0.4, 0.5) is 5.00 Å². The number of carbonyl (C=O) groups is 2. The molecule has 2 aliphatic carbocycles. The van der Waals surface area contributed by atoms with Gasteiger partial charge >= 0.3 is 5.97 Å². The molecule has 0 spiro atoms. The predicted molar refractivity (Wildman–Crippen MR) is 142 cm³/mol. The molecule has 0 bridgehead atoms. The average Bonchev–Trinajstić information content (AvgIpc) is 3.52. The molecule has 0 unspecified atom stereocenters. The molecule has 35 heavy (non-hydrogen) atoms. The Morgan fingerprint density at radius 3 is 2.69 bits per heavy atom. The highest BCUT2D eigenvalue weighted by molar-refractivity contribution is 7.99. The number of nitrogens with zero attached hydrogens (tertiary/aromatic N) is 2. The highest BCUT2D eigenvalue weighted by Gasteiger charge is 2.28. The number of amides is 1. The van der Waals surface area contributed by atoms with Crippen molar-refractivity contribution in [3.8, 4) is 0 Å². The summed E-state index contributed by atoms with van der Waals surface area (Å²) < 4.78 is 6.86. The zero-order chi connectivity index (χ0) is 24.5. The number of aromatic nitrogens is 2. The maximum atomic E-state index is 13.4. The minimum atomic E-state index is -0.386. The molecule has 1 N–H and O–H groups in total. The van der Waals surface area contributed by atoms with E-state index in [9.17, 15) is 14.4 Å². The maximum Gasteiger partial charge on any atom is 0.341 e. The van der Waals surface area contributed by atoms with Crippen LogP contribution in [0.5, 0.6) is 0 Å². The number of anilines is 1. The number of carbonyl (C=O) groups excluding carboxylic acids is 2. The fraction of sp³-hybridized carbons (Fsp3) is 0.440. The van der Waals surface area contributed by atoms with Crippen molar-refractivity contribution in [3.63, 3.8) is 0 Å². The first-order valence-electron chi connectivity index (χ1n) is 11.9. The average molecular weight is 530 g/mol. The summed E-state index contributed by atoms with van der Waals surface area (Å²) in [6, 6.07) is 0. The van der Waals surface area contributed by atoms with Gasteiger partial charge in [-0.1, -0.05) is 17.8 Å². The van der Waals surface area contributed by atoms with Gasteiger partial charge < -0.3 is 10.1 Å². The summed E-state index contributed by atoms with van der Waals surface area (Å²) in [4.78, 5) is 46.8. The van der Waals surface area contributed by atoms with Gasteiger partial charge in [-0.05, 0) is 63.0 Å². The lowest BCUT2D eigenvalue weighted by Gasteiger charge is -2.12. The van der Waals surface area contributed by atoms with E-state index < -0.39 is 0 Å². The lowest BCUT2D eigenvalue weighted by Crippen LogP contribution is -2.24. The first kappa shape index (κ1) is 24.3. The zero-order valence-corrected chi connectivity index (χ0v) is 22.1. The van der Waals surface area contributed by atoms with Crippen molar-refractivity contribution in [2.24, 2.45) is 0 Å². The van der Waals surface area contributed by atoms with Gasteiger partial charge in [-0.2, -0.15) is 0 Å². The van der Waals surface area contributed by atoms with Crippen LogP contribution < -0.4 is 10.9 Å². The molecule has 0 saturated carbocycles. The summed E-state index contributed by atoms with van der Waals surface area (Å²) in [6.07, 6.45) is 8.58. The number of hydrogen-bond donors (Lipinski definition) is 1. The third-order valence-corrected chi connectivity index (χ3v) is 9.71. The van der Waals surface area contributed by atoms with Gasteiger partial charge in [0.05, 0.1) is 23.3 Å². The van der Waals surface area contributed by atoms with Crippen molar-refractivity contribution in [2.45, 2.75) is 63.6 Å². The van der Waals surface area contributed by atoms with Crippen LogP contribution in [-0.2, 0) is 41.8 Å². The minimum absolute atomic E-state index is 0.0588. The zero-order valence-electron chi connectivity index (χ0n) is 19.6. The Balaban J connectivity index is 1.39. The standard InChI is InChI=1S/C25H27N3O4S3/c1-3-12-28-23(30)19-14-8-5-6-10-16(14)34-21(19)27-25(28)33-13-18(29)26-22-20(24(31)32-4-2)15-9-7-11-17(15)35-22/h3H,1,4-13H2,2H3,(H,26,29). The van der Waals surface area contributed by atoms with Crippen LogP contribution in [0.25, 0.3) is 10.2 Å². The van der Waals surface area contributed by atoms with Crippen molar-refractivity contribution in [3.05, 3.63) is 49.5 Å². The van der Waals surface area contributed by atoms with E-state index in [0.717, 1.165) is 71.2 Å². The van der Waals surface area contributed by atoms with Crippen LogP contribution in [0.15, 0.2) is 22.6 Å². The number of rotatable bonds is 8. The van der Waals surface area contributed by atoms with E-state index in [1.165, 1.54) is 28.0 Å².